The molecular formula is C11H23N3O5. The molecule has 5 atom stereocenters. The van der Waals surface area contributed by atoms with E-state index in [1.54, 1.807) is 0 Å². The van der Waals surface area contributed by atoms with Gasteiger partial charge in [-0.25, -0.2) is 5.84 Å². The highest BCUT2D eigenvalue weighted by atomic mass is 16.7. The first-order chi connectivity index (χ1) is 8.90. The van der Waals surface area contributed by atoms with Crippen LogP contribution < -0.4 is 11.6 Å². The second kappa shape index (κ2) is 7.04. The Kier molecular flexibility index (Phi) is 5.98. The number of hydrogen-bond acceptors (Lipinski definition) is 8. The molecule has 1 fully saturated rings. The predicted octanol–water partition coefficient (Wildman–Crippen LogP) is -2.17. The Balaban J connectivity index is 2.66. The van der Waals surface area contributed by atoms with Crippen molar-refractivity contribution in [3.05, 3.63) is 11.9 Å². The Labute approximate surface area is 112 Å². The summed E-state index contributed by atoms with van der Waals surface area (Å²) in [4.78, 5) is 0. The lowest BCUT2D eigenvalue weighted by Crippen LogP contribution is -2.60. The smallest absolute Gasteiger partial charge is 0.186 e. The third-order valence-corrected chi connectivity index (χ3v) is 3.03. The van der Waals surface area contributed by atoms with Crippen LogP contribution in [-0.2, 0) is 9.47 Å². The lowest BCUT2D eigenvalue weighted by molar-refractivity contribution is -0.291. The number of allylic oxidation sites excluding steroid dienone is 1. The van der Waals surface area contributed by atoms with E-state index in [1.165, 1.54) is 18.3 Å². The highest BCUT2D eigenvalue weighted by Gasteiger charge is 2.44. The van der Waals surface area contributed by atoms with E-state index in [9.17, 15) is 15.3 Å². The number of aliphatic hydroxyl groups excluding tert-OH is 3. The lowest BCUT2D eigenvalue weighted by atomic mass is 9.99. The number of hydrogen-bond donors (Lipinski definition) is 5. The van der Waals surface area contributed by atoms with E-state index in [2.05, 4.69) is 0 Å². The number of nitrogens with two attached hydrogens (primary N) is 2. The zero-order valence-corrected chi connectivity index (χ0v) is 11.1. The molecule has 0 bridgehead atoms. The second-order valence-corrected chi connectivity index (χ2v) is 4.50. The maximum Gasteiger partial charge on any atom is 0.186 e. The third kappa shape index (κ3) is 4.03. The maximum absolute atomic E-state index is 9.84. The molecule has 8 heteroatoms. The van der Waals surface area contributed by atoms with Gasteiger partial charge in [0.2, 0.25) is 0 Å². The molecule has 7 N–H and O–H groups in total. The molecule has 0 aromatic heterocycles. The molecule has 1 rings (SSSR count). The minimum atomic E-state index is -1.36. The summed E-state index contributed by atoms with van der Waals surface area (Å²) >= 11 is 0. The topological polar surface area (TPSA) is 134 Å². The molecule has 0 spiro atoms. The summed E-state index contributed by atoms with van der Waals surface area (Å²) in [5.74, 6) is 5.71. The first-order valence-corrected chi connectivity index (χ1v) is 6.10. The average molecular weight is 277 g/mol. The van der Waals surface area contributed by atoms with Gasteiger partial charge in [0.15, 0.2) is 6.29 Å². The molecule has 0 saturated carbocycles. The van der Waals surface area contributed by atoms with Crippen LogP contribution in [0.15, 0.2) is 11.9 Å². The van der Waals surface area contributed by atoms with Crippen LogP contribution in [0.4, 0.5) is 0 Å². The summed E-state index contributed by atoms with van der Waals surface area (Å²) in [5.41, 5.74) is 6.22. The van der Waals surface area contributed by atoms with E-state index in [0.717, 1.165) is 0 Å². The quantitative estimate of drug-likeness (QED) is 0.283. The summed E-state index contributed by atoms with van der Waals surface area (Å²) in [6.45, 7) is 1.98. The zero-order chi connectivity index (χ0) is 14.6. The van der Waals surface area contributed by atoms with Crippen molar-refractivity contribution in [2.45, 2.75) is 44.1 Å². The first-order valence-electron chi connectivity index (χ1n) is 6.10. The standard InChI is InChI=1S/C11H23N3O5/c1-3-6(12)4-14(13)5-7-8(15)9(16)10(17)11(18-2)19-7/h4,7-11,15-17H,3,5,12-13H2,1-2H3/b6-4-. The van der Waals surface area contributed by atoms with Gasteiger partial charge in [0.25, 0.3) is 0 Å². The van der Waals surface area contributed by atoms with Crippen molar-refractivity contribution in [1.29, 1.82) is 0 Å². The zero-order valence-electron chi connectivity index (χ0n) is 11.1. The highest BCUT2D eigenvalue weighted by molar-refractivity contribution is 4.96. The SMILES string of the molecule is CC/C(N)=C/N(N)CC1OC(OC)C(O)C(O)C1O. The summed E-state index contributed by atoms with van der Waals surface area (Å²) in [6.07, 6.45) is -3.57. The number of methoxy groups -OCH3 is 1. The van der Waals surface area contributed by atoms with Crippen LogP contribution >= 0.6 is 0 Å². The van der Waals surface area contributed by atoms with Gasteiger partial charge in [-0.1, -0.05) is 6.92 Å². The van der Waals surface area contributed by atoms with Crippen molar-refractivity contribution in [3.63, 3.8) is 0 Å². The van der Waals surface area contributed by atoms with E-state index >= 15 is 0 Å². The molecule has 1 saturated heterocycles. The van der Waals surface area contributed by atoms with Gasteiger partial charge in [0.05, 0.1) is 6.54 Å². The molecule has 8 nitrogen and oxygen atoms in total. The molecular weight excluding hydrogens is 254 g/mol. The second-order valence-electron chi connectivity index (χ2n) is 4.50. The van der Waals surface area contributed by atoms with E-state index < -0.39 is 30.7 Å². The minimum absolute atomic E-state index is 0.103. The Morgan fingerprint density at radius 3 is 2.47 bits per heavy atom. The Morgan fingerprint density at radius 2 is 1.95 bits per heavy atom. The fourth-order valence-electron chi connectivity index (χ4n) is 1.83. The van der Waals surface area contributed by atoms with E-state index in [0.29, 0.717) is 12.1 Å². The Morgan fingerprint density at radius 1 is 1.32 bits per heavy atom. The molecule has 112 valence electrons. The van der Waals surface area contributed by atoms with Gasteiger partial charge in [0.1, 0.15) is 24.4 Å². The van der Waals surface area contributed by atoms with Crippen LogP contribution in [0.1, 0.15) is 13.3 Å². The molecule has 1 heterocycles. The van der Waals surface area contributed by atoms with Gasteiger partial charge in [-0.05, 0) is 6.42 Å². The van der Waals surface area contributed by atoms with Crippen LogP contribution in [0.5, 0.6) is 0 Å². The molecule has 0 aliphatic carbocycles. The van der Waals surface area contributed by atoms with Crippen LogP contribution in [0.2, 0.25) is 0 Å². The van der Waals surface area contributed by atoms with Crippen LogP contribution in [-0.4, -0.2) is 64.7 Å². The van der Waals surface area contributed by atoms with Crippen molar-refractivity contribution in [3.8, 4) is 0 Å². The normalized spacial score (nSPS) is 36.3. The predicted molar refractivity (Wildman–Crippen MR) is 67.1 cm³/mol. The molecule has 5 unspecified atom stereocenters. The number of nitrogens with zero attached hydrogens (tertiary/aromatic N) is 1. The van der Waals surface area contributed by atoms with Crippen LogP contribution in [0.25, 0.3) is 0 Å². The summed E-state index contributed by atoms with van der Waals surface area (Å²) < 4.78 is 10.2. The van der Waals surface area contributed by atoms with Crippen molar-refractivity contribution >= 4 is 0 Å². The number of ether oxygens (including phenoxy) is 2. The summed E-state index contributed by atoms with van der Waals surface area (Å²) in [6, 6.07) is 0. The molecule has 19 heavy (non-hydrogen) atoms. The fourth-order valence-corrected chi connectivity index (χ4v) is 1.83. The van der Waals surface area contributed by atoms with Gasteiger partial charge in [0, 0.05) is 19.0 Å². The van der Waals surface area contributed by atoms with Gasteiger partial charge < -0.3 is 35.5 Å². The van der Waals surface area contributed by atoms with Gasteiger partial charge in [-0.3, -0.25) is 0 Å². The average Bonchev–Trinajstić information content (AvgIpc) is 2.39. The van der Waals surface area contributed by atoms with E-state index in [4.69, 9.17) is 21.1 Å². The van der Waals surface area contributed by atoms with E-state index in [1.807, 2.05) is 6.92 Å². The van der Waals surface area contributed by atoms with Gasteiger partial charge in [-0.15, -0.1) is 0 Å². The fraction of sp³-hybridized carbons (Fsp3) is 0.818. The number of hydrazine groups is 1. The molecule has 1 aliphatic rings. The van der Waals surface area contributed by atoms with Crippen molar-refractivity contribution in [2.24, 2.45) is 11.6 Å². The van der Waals surface area contributed by atoms with Crippen molar-refractivity contribution in [1.82, 2.24) is 5.01 Å². The van der Waals surface area contributed by atoms with Gasteiger partial charge in [-0.2, -0.15) is 0 Å². The molecule has 0 radical (unpaired) electrons. The van der Waals surface area contributed by atoms with Gasteiger partial charge >= 0.3 is 0 Å². The van der Waals surface area contributed by atoms with Crippen molar-refractivity contribution < 1.29 is 24.8 Å². The summed E-state index contributed by atoms with van der Waals surface area (Å²) in [7, 11) is 1.34. The third-order valence-electron chi connectivity index (χ3n) is 3.03. The first kappa shape index (κ1) is 16.2. The lowest BCUT2D eigenvalue weighted by Gasteiger charge is -2.40. The Bertz CT molecular complexity index is 313. The number of rotatable bonds is 5. The molecule has 1 aliphatic heterocycles. The highest BCUT2D eigenvalue weighted by Crippen LogP contribution is 2.22. The Hall–Kier alpha value is -0.900. The molecule has 0 aromatic rings. The van der Waals surface area contributed by atoms with Crippen LogP contribution in [0, 0.1) is 0 Å². The molecule has 0 aromatic carbocycles. The van der Waals surface area contributed by atoms with Crippen molar-refractivity contribution in [2.75, 3.05) is 13.7 Å². The monoisotopic (exact) mass is 277 g/mol. The summed E-state index contributed by atoms with van der Waals surface area (Å²) in [5, 5.41) is 30.4. The largest absolute Gasteiger partial charge is 0.401 e. The van der Waals surface area contributed by atoms with E-state index in [-0.39, 0.29) is 6.54 Å². The molecule has 0 amide bonds. The maximum atomic E-state index is 9.84. The minimum Gasteiger partial charge on any atom is -0.401 e. The number of aliphatic hydroxyl groups is 3. The van der Waals surface area contributed by atoms with Crippen LogP contribution in [0.3, 0.4) is 0 Å².